The first-order valence-electron chi connectivity index (χ1n) is 7.33. The molecule has 0 amide bonds. The Bertz CT molecular complexity index is 851. The summed E-state index contributed by atoms with van der Waals surface area (Å²) in [6.45, 7) is 7.75. The van der Waals surface area contributed by atoms with E-state index in [1.165, 1.54) is 0 Å². The van der Waals surface area contributed by atoms with Gasteiger partial charge in [-0.3, -0.25) is 9.20 Å². The highest BCUT2D eigenvalue weighted by molar-refractivity contribution is 6.30. The predicted molar refractivity (Wildman–Crippen MR) is 92.7 cm³/mol. The van der Waals surface area contributed by atoms with Crippen molar-refractivity contribution in [2.45, 2.75) is 27.7 Å². The third-order valence-corrected chi connectivity index (χ3v) is 3.61. The number of hydrogen-bond donors (Lipinski definition) is 0. The second-order valence-corrected chi connectivity index (χ2v) is 5.18. The van der Waals surface area contributed by atoms with Crippen LogP contribution in [0.4, 0.5) is 0 Å². The van der Waals surface area contributed by atoms with Crippen molar-refractivity contribution >= 4 is 17.2 Å². The molecule has 2 aromatic heterocycles. The number of aryl methyl sites for hydroxylation is 2. The summed E-state index contributed by atoms with van der Waals surface area (Å²) in [6, 6.07) is 12.9. The van der Waals surface area contributed by atoms with Gasteiger partial charge in [0.2, 0.25) is 0 Å². The number of hydrogen-bond acceptors (Lipinski definition) is 2. The maximum absolute atomic E-state index is 12.7. The summed E-state index contributed by atoms with van der Waals surface area (Å²) in [5, 5.41) is 0.649. The van der Waals surface area contributed by atoms with E-state index in [2.05, 4.69) is 4.98 Å². The maximum atomic E-state index is 12.7. The molecular formula is C18H19ClN2O. The molecule has 0 radical (unpaired) electrons. The largest absolute Gasteiger partial charge is 0.268 e. The molecule has 1 aromatic carbocycles. The minimum atomic E-state index is -0.0482. The van der Waals surface area contributed by atoms with Gasteiger partial charge in [0, 0.05) is 10.7 Å². The number of rotatable bonds is 1. The van der Waals surface area contributed by atoms with Crippen molar-refractivity contribution in [1.29, 1.82) is 0 Å². The molecule has 3 rings (SSSR count). The van der Waals surface area contributed by atoms with Crippen LogP contribution in [0.3, 0.4) is 0 Å². The smallest absolute Gasteiger partial charge is 0.266 e. The van der Waals surface area contributed by atoms with Gasteiger partial charge in [0.15, 0.2) is 0 Å². The van der Waals surface area contributed by atoms with Gasteiger partial charge in [-0.25, -0.2) is 4.98 Å². The molecule has 0 N–H and O–H groups in total. The lowest BCUT2D eigenvalue weighted by Crippen LogP contribution is -2.20. The van der Waals surface area contributed by atoms with Crippen LogP contribution in [0.5, 0.6) is 0 Å². The molecule has 0 atom stereocenters. The van der Waals surface area contributed by atoms with Crippen LogP contribution in [-0.2, 0) is 0 Å². The van der Waals surface area contributed by atoms with E-state index in [9.17, 15) is 4.79 Å². The molecule has 22 heavy (non-hydrogen) atoms. The van der Waals surface area contributed by atoms with Gasteiger partial charge >= 0.3 is 0 Å². The van der Waals surface area contributed by atoms with Crippen molar-refractivity contribution in [3.63, 3.8) is 0 Å². The highest BCUT2D eigenvalue weighted by Crippen LogP contribution is 2.21. The lowest BCUT2D eigenvalue weighted by Gasteiger charge is -2.10. The van der Waals surface area contributed by atoms with Crippen LogP contribution in [0, 0.1) is 13.8 Å². The van der Waals surface area contributed by atoms with E-state index in [0.29, 0.717) is 16.2 Å². The Morgan fingerprint density at radius 3 is 2.27 bits per heavy atom. The van der Waals surface area contributed by atoms with E-state index >= 15 is 0 Å². The molecule has 114 valence electrons. The fraction of sp³-hybridized carbons (Fsp3) is 0.222. The zero-order chi connectivity index (χ0) is 16.3. The molecule has 0 saturated heterocycles. The first-order valence-corrected chi connectivity index (χ1v) is 7.70. The van der Waals surface area contributed by atoms with Crippen molar-refractivity contribution in [2.24, 2.45) is 0 Å². The Labute approximate surface area is 135 Å². The molecule has 0 fully saturated rings. The summed E-state index contributed by atoms with van der Waals surface area (Å²) in [5.74, 6) is 0. The molecule has 3 nitrogen and oxygen atoms in total. The molecule has 0 saturated carbocycles. The Morgan fingerprint density at radius 2 is 1.64 bits per heavy atom. The van der Waals surface area contributed by atoms with Crippen molar-refractivity contribution in [3.05, 3.63) is 69.2 Å². The lowest BCUT2D eigenvalue weighted by atomic mass is 10.1. The van der Waals surface area contributed by atoms with Crippen LogP contribution < -0.4 is 5.56 Å². The highest BCUT2D eigenvalue weighted by atomic mass is 35.5. The molecule has 0 unspecified atom stereocenters. The van der Waals surface area contributed by atoms with Crippen molar-refractivity contribution < 1.29 is 0 Å². The molecule has 0 aliphatic rings. The van der Waals surface area contributed by atoms with Crippen molar-refractivity contribution in [2.75, 3.05) is 0 Å². The van der Waals surface area contributed by atoms with E-state index in [4.69, 9.17) is 11.6 Å². The van der Waals surface area contributed by atoms with Gasteiger partial charge in [0.1, 0.15) is 5.65 Å². The van der Waals surface area contributed by atoms with E-state index < -0.39 is 0 Å². The van der Waals surface area contributed by atoms with Gasteiger partial charge < -0.3 is 0 Å². The van der Waals surface area contributed by atoms with Gasteiger partial charge in [-0.05, 0) is 43.7 Å². The summed E-state index contributed by atoms with van der Waals surface area (Å²) >= 11 is 5.90. The monoisotopic (exact) mass is 314 g/mol. The molecule has 4 heteroatoms. The maximum Gasteiger partial charge on any atom is 0.266 e. The summed E-state index contributed by atoms with van der Waals surface area (Å²) in [7, 11) is 0. The standard InChI is InChI=1S/C16H13ClN2O.C2H6/c1-10-4-3-5-14-18-11(2)15(16(20)19(10)14)12-6-8-13(17)9-7-12;1-2/h3-9H,1-2H3;1-2H3. The van der Waals surface area contributed by atoms with Crippen LogP contribution >= 0.6 is 11.6 Å². The van der Waals surface area contributed by atoms with Gasteiger partial charge in [-0.15, -0.1) is 0 Å². The predicted octanol–water partition coefficient (Wildman–Crippen LogP) is 4.66. The van der Waals surface area contributed by atoms with Crippen LogP contribution in [0.25, 0.3) is 16.8 Å². The topological polar surface area (TPSA) is 34.4 Å². The number of nitrogens with zero attached hydrogens (tertiary/aromatic N) is 2. The average Bonchev–Trinajstić information content (AvgIpc) is 2.51. The Balaban J connectivity index is 0.000000847. The van der Waals surface area contributed by atoms with Crippen molar-refractivity contribution in [1.82, 2.24) is 9.38 Å². The Hall–Kier alpha value is -2.13. The third kappa shape index (κ3) is 2.90. The first-order chi connectivity index (χ1) is 10.6. The quantitative estimate of drug-likeness (QED) is 0.655. The van der Waals surface area contributed by atoms with Gasteiger partial charge in [0.25, 0.3) is 5.56 Å². The summed E-state index contributed by atoms with van der Waals surface area (Å²) in [4.78, 5) is 17.3. The third-order valence-electron chi connectivity index (χ3n) is 3.36. The van der Waals surface area contributed by atoms with Gasteiger partial charge in [0.05, 0.1) is 11.3 Å². The minimum Gasteiger partial charge on any atom is -0.268 e. The zero-order valence-corrected chi connectivity index (χ0v) is 14.0. The molecule has 0 bridgehead atoms. The second kappa shape index (κ2) is 6.75. The van der Waals surface area contributed by atoms with Crippen LogP contribution in [0.15, 0.2) is 47.3 Å². The number of aromatic nitrogens is 2. The Kier molecular flexibility index (Phi) is 4.99. The SMILES string of the molecule is CC.Cc1nc2cccc(C)n2c(=O)c1-c1ccc(Cl)cc1. The van der Waals surface area contributed by atoms with E-state index in [0.717, 1.165) is 17.0 Å². The van der Waals surface area contributed by atoms with E-state index in [-0.39, 0.29) is 5.56 Å². The fourth-order valence-corrected chi connectivity index (χ4v) is 2.52. The average molecular weight is 315 g/mol. The fourth-order valence-electron chi connectivity index (χ4n) is 2.40. The van der Waals surface area contributed by atoms with Gasteiger partial charge in [-0.1, -0.05) is 43.6 Å². The highest BCUT2D eigenvalue weighted by Gasteiger charge is 2.12. The Morgan fingerprint density at radius 1 is 1.00 bits per heavy atom. The number of pyridine rings is 1. The van der Waals surface area contributed by atoms with Gasteiger partial charge in [-0.2, -0.15) is 0 Å². The van der Waals surface area contributed by atoms with E-state index in [1.54, 1.807) is 16.5 Å². The molecule has 0 spiro atoms. The minimum absolute atomic E-state index is 0.0482. The number of halogens is 1. The van der Waals surface area contributed by atoms with Crippen molar-refractivity contribution in [3.8, 4) is 11.1 Å². The summed E-state index contributed by atoms with van der Waals surface area (Å²) in [5.41, 5.74) is 3.67. The molecule has 3 aromatic rings. The zero-order valence-electron chi connectivity index (χ0n) is 13.2. The molecule has 2 heterocycles. The molecular weight excluding hydrogens is 296 g/mol. The normalized spacial score (nSPS) is 10.2. The van der Waals surface area contributed by atoms with Crippen LogP contribution in [-0.4, -0.2) is 9.38 Å². The molecule has 0 aliphatic carbocycles. The van der Waals surface area contributed by atoms with Crippen LogP contribution in [0.1, 0.15) is 25.2 Å². The second-order valence-electron chi connectivity index (χ2n) is 4.75. The lowest BCUT2D eigenvalue weighted by molar-refractivity contribution is 0.976. The first kappa shape index (κ1) is 16.2. The number of fused-ring (bicyclic) bond motifs is 1. The summed E-state index contributed by atoms with van der Waals surface area (Å²) in [6.07, 6.45) is 0. The molecule has 0 aliphatic heterocycles. The number of benzene rings is 1. The van der Waals surface area contributed by atoms with E-state index in [1.807, 2.05) is 58.0 Å². The van der Waals surface area contributed by atoms with Crippen LogP contribution in [0.2, 0.25) is 5.02 Å². The summed E-state index contributed by atoms with van der Waals surface area (Å²) < 4.78 is 1.64.